The summed E-state index contributed by atoms with van der Waals surface area (Å²) in [6.07, 6.45) is 0.470. The second-order valence-electron chi connectivity index (χ2n) is 4.62. The van der Waals surface area contributed by atoms with E-state index in [0.29, 0.717) is 17.7 Å². The predicted octanol–water partition coefficient (Wildman–Crippen LogP) is 1.92. The lowest BCUT2D eigenvalue weighted by Crippen LogP contribution is -2.39. The van der Waals surface area contributed by atoms with E-state index in [0.717, 1.165) is 18.1 Å². The molecule has 0 radical (unpaired) electrons. The van der Waals surface area contributed by atoms with E-state index in [1.807, 2.05) is 11.8 Å². The third-order valence-corrected chi connectivity index (χ3v) is 4.11. The van der Waals surface area contributed by atoms with Crippen molar-refractivity contribution in [2.75, 3.05) is 23.4 Å². The van der Waals surface area contributed by atoms with Crippen LogP contribution in [0.4, 0.5) is 5.69 Å². The Labute approximate surface area is 117 Å². The van der Waals surface area contributed by atoms with E-state index in [1.165, 1.54) is 6.92 Å². The number of carbonyl (C=O) groups is 2. The van der Waals surface area contributed by atoms with Gasteiger partial charge in [-0.15, -0.1) is 0 Å². The molecule has 1 aliphatic rings. The third-order valence-electron chi connectivity index (χ3n) is 2.98. The quantitative estimate of drug-likeness (QED) is 0.826. The number of hydrogen-bond acceptors (Lipinski definition) is 4. The van der Waals surface area contributed by atoms with Gasteiger partial charge in [0.05, 0.1) is 0 Å². The Morgan fingerprint density at radius 3 is 3.00 bits per heavy atom. The molecule has 1 heterocycles. The van der Waals surface area contributed by atoms with Gasteiger partial charge in [0, 0.05) is 41.8 Å². The Bertz CT molecular complexity index is 470. The SMILES string of the molecule is CC(=O)c1cccc(NC(=O)CC2CSCCN2)c1. The second kappa shape index (κ2) is 6.73. The molecule has 1 aromatic rings. The zero-order valence-electron chi connectivity index (χ0n) is 10.9. The van der Waals surface area contributed by atoms with E-state index in [4.69, 9.17) is 0 Å². The van der Waals surface area contributed by atoms with Crippen molar-refractivity contribution >= 4 is 29.1 Å². The number of rotatable bonds is 4. The fraction of sp³-hybridized carbons (Fsp3) is 0.429. The first kappa shape index (κ1) is 14.1. The van der Waals surface area contributed by atoms with E-state index in [2.05, 4.69) is 10.6 Å². The van der Waals surface area contributed by atoms with Gasteiger partial charge in [-0.2, -0.15) is 11.8 Å². The Kier molecular flexibility index (Phi) is 4.99. The highest BCUT2D eigenvalue weighted by Gasteiger charge is 2.16. The Balaban J connectivity index is 1.90. The number of benzene rings is 1. The largest absolute Gasteiger partial charge is 0.326 e. The molecule has 1 fully saturated rings. The van der Waals surface area contributed by atoms with Crippen LogP contribution in [0.25, 0.3) is 0 Å². The highest BCUT2D eigenvalue weighted by molar-refractivity contribution is 7.99. The first-order valence-electron chi connectivity index (χ1n) is 6.37. The summed E-state index contributed by atoms with van der Waals surface area (Å²) in [5.74, 6) is 2.07. The lowest BCUT2D eigenvalue weighted by Gasteiger charge is -2.22. The van der Waals surface area contributed by atoms with Gasteiger partial charge < -0.3 is 10.6 Å². The molecule has 19 heavy (non-hydrogen) atoms. The number of Topliss-reactive ketones (excluding diaryl/α,β-unsaturated/α-hetero) is 1. The van der Waals surface area contributed by atoms with Crippen LogP contribution < -0.4 is 10.6 Å². The molecule has 0 spiro atoms. The van der Waals surface area contributed by atoms with E-state index in [9.17, 15) is 9.59 Å². The third kappa shape index (κ3) is 4.36. The molecule has 0 aromatic heterocycles. The van der Waals surface area contributed by atoms with Crippen LogP contribution in [0.5, 0.6) is 0 Å². The number of nitrogens with one attached hydrogen (secondary N) is 2. The van der Waals surface area contributed by atoms with Gasteiger partial charge in [-0.25, -0.2) is 0 Å². The predicted molar refractivity (Wildman–Crippen MR) is 78.8 cm³/mol. The van der Waals surface area contributed by atoms with E-state index in [1.54, 1.807) is 24.3 Å². The summed E-state index contributed by atoms with van der Waals surface area (Å²) in [6, 6.07) is 7.28. The van der Waals surface area contributed by atoms with Gasteiger partial charge in [-0.05, 0) is 19.1 Å². The standard InChI is InChI=1S/C14H18N2O2S/c1-10(17)11-3-2-4-12(7-11)16-14(18)8-13-9-19-6-5-15-13/h2-4,7,13,15H,5-6,8-9H2,1H3,(H,16,18). The van der Waals surface area contributed by atoms with Gasteiger partial charge in [0.2, 0.25) is 5.91 Å². The Morgan fingerprint density at radius 2 is 2.32 bits per heavy atom. The summed E-state index contributed by atoms with van der Waals surface area (Å²) < 4.78 is 0. The first-order valence-corrected chi connectivity index (χ1v) is 7.52. The minimum atomic E-state index is -0.0132. The molecule has 5 heteroatoms. The average Bonchev–Trinajstić information content (AvgIpc) is 2.40. The maximum absolute atomic E-state index is 11.9. The van der Waals surface area contributed by atoms with Crippen molar-refractivity contribution < 1.29 is 9.59 Å². The van der Waals surface area contributed by atoms with Crippen LogP contribution in [0.1, 0.15) is 23.7 Å². The fourth-order valence-corrected chi connectivity index (χ4v) is 2.95. The van der Waals surface area contributed by atoms with Crippen molar-refractivity contribution in [3.05, 3.63) is 29.8 Å². The van der Waals surface area contributed by atoms with Gasteiger partial charge >= 0.3 is 0 Å². The molecule has 102 valence electrons. The molecule has 2 N–H and O–H groups in total. The molecule has 4 nitrogen and oxygen atoms in total. The summed E-state index contributed by atoms with van der Waals surface area (Å²) >= 11 is 1.87. The second-order valence-corrected chi connectivity index (χ2v) is 5.77. The monoisotopic (exact) mass is 278 g/mol. The van der Waals surface area contributed by atoms with Crippen molar-refractivity contribution in [2.24, 2.45) is 0 Å². The maximum Gasteiger partial charge on any atom is 0.225 e. The minimum Gasteiger partial charge on any atom is -0.326 e. The molecule has 2 rings (SSSR count). The molecule has 0 saturated carbocycles. The molecule has 1 aliphatic heterocycles. The zero-order valence-corrected chi connectivity index (χ0v) is 11.8. The number of amides is 1. The molecule has 1 amide bonds. The van der Waals surface area contributed by atoms with Crippen molar-refractivity contribution in [3.63, 3.8) is 0 Å². The normalized spacial score (nSPS) is 18.9. The van der Waals surface area contributed by atoms with Gasteiger partial charge in [0.1, 0.15) is 0 Å². The molecule has 0 aliphatic carbocycles. The number of ketones is 1. The summed E-state index contributed by atoms with van der Waals surface area (Å²) in [5, 5.41) is 6.17. The van der Waals surface area contributed by atoms with E-state index >= 15 is 0 Å². The van der Waals surface area contributed by atoms with Gasteiger partial charge in [0.15, 0.2) is 5.78 Å². The summed E-state index contributed by atoms with van der Waals surface area (Å²) in [6.45, 7) is 2.48. The van der Waals surface area contributed by atoms with Crippen molar-refractivity contribution in [1.29, 1.82) is 0 Å². The zero-order chi connectivity index (χ0) is 13.7. The average molecular weight is 278 g/mol. The molecule has 0 bridgehead atoms. The highest BCUT2D eigenvalue weighted by atomic mass is 32.2. The van der Waals surface area contributed by atoms with Crippen LogP contribution in [0, 0.1) is 0 Å². The summed E-state index contributed by atoms with van der Waals surface area (Å²) in [5.41, 5.74) is 1.30. The molecular weight excluding hydrogens is 260 g/mol. The van der Waals surface area contributed by atoms with Gasteiger partial charge in [-0.3, -0.25) is 9.59 Å². The molecule has 1 atom stereocenters. The highest BCUT2D eigenvalue weighted by Crippen LogP contribution is 2.14. The van der Waals surface area contributed by atoms with Crippen LogP contribution in [0.2, 0.25) is 0 Å². The number of hydrogen-bond donors (Lipinski definition) is 2. The van der Waals surface area contributed by atoms with Crippen LogP contribution in [-0.4, -0.2) is 35.8 Å². The Morgan fingerprint density at radius 1 is 1.47 bits per heavy atom. The molecule has 1 unspecified atom stereocenters. The van der Waals surface area contributed by atoms with Crippen molar-refractivity contribution in [1.82, 2.24) is 5.32 Å². The van der Waals surface area contributed by atoms with Crippen LogP contribution in [0.15, 0.2) is 24.3 Å². The van der Waals surface area contributed by atoms with E-state index < -0.39 is 0 Å². The van der Waals surface area contributed by atoms with Crippen molar-refractivity contribution in [3.8, 4) is 0 Å². The number of thioether (sulfide) groups is 1. The van der Waals surface area contributed by atoms with Crippen LogP contribution in [-0.2, 0) is 4.79 Å². The number of carbonyl (C=O) groups excluding carboxylic acids is 2. The van der Waals surface area contributed by atoms with Crippen LogP contribution >= 0.6 is 11.8 Å². The Hall–Kier alpha value is -1.33. The topological polar surface area (TPSA) is 58.2 Å². The fourth-order valence-electron chi connectivity index (χ4n) is 2.00. The van der Waals surface area contributed by atoms with Gasteiger partial charge in [0.25, 0.3) is 0 Å². The molecule has 1 aromatic carbocycles. The van der Waals surface area contributed by atoms with Crippen LogP contribution in [0.3, 0.4) is 0 Å². The summed E-state index contributed by atoms with van der Waals surface area (Å²) in [4.78, 5) is 23.2. The lowest BCUT2D eigenvalue weighted by molar-refractivity contribution is -0.116. The van der Waals surface area contributed by atoms with E-state index in [-0.39, 0.29) is 17.7 Å². The first-order chi connectivity index (χ1) is 9.15. The lowest BCUT2D eigenvalue weighted by atomic mass is 10.1. The maximum atomic E-state index is 11.9. The molecular formula is C14H18N2O2S. The summed E-state index contributed by atoms with van der Waals surface area (Å²) in [7, 11) is 0. The van der Waals surface area contributed by atoms with Gasteiger partial charge in [-0.1, -0.05) is 12.1 Å². The molecule has 1 saturated heterocycles. The minimum absolute atomic E-state index is 0.00134. The smallest absolute Gasteiger partial charge is 0.225 e. The van der Waals surface area contributed by atoms with Crippen molar-refractivity contribution in [2.45, 2.75) is 19.4 Å². The number of anilines is 1.